The molecule has 1 aliphatic carbocycles. The number of hydrogen-bond acceptors (Lipinski definition) is 3. The van der Waals surface area contributed by atoms with Crippen LogP contribution in [0, 0.1) is 5.82 Å². The van der Waals surface area contributed by atoms with Crippen LogP contribution in [0.2, 0.25) is 0 Å². The molecular weight excluding hydrogens is 399 g/mol. The molecular formula is C24H21FN2O2S. The summed E-state index contributed by atoms with van der Waals surface area (Å²) in [5, 5.41) is 7.87. The third-order valence-corrected chi connectivity index (χ3v) is 5.77. The summed E-state index contributed by atoms with van der Waals surface area (Å²) in [5.41, 5.74) is 2.24. The first-order chi connectivity index (χ1) is 14.6. The van der Waals surface area contributed by atoms with Crippen LogP contribution >= 0.6 is 11.3 Å². The van der Waals surface area contributed by atoms with E-state index in [1.807, 2.05) is 29.6 Å². The van der Waals surface area contributed by atoms with E-state index in [0.29, 0.717) is 11.6 Å². The monoisotopic (exact) mass is 420 g/mol. The van der Waals surface area contributed by atoms with Crippen LogP contribution in [0.1, 0.15) is 45.2 Å². The van der Waals surface area contributed by atoms with Crippen molar-refractivity contribution in [3.8, 4) is 0 Å². The molecule has 0 saturated heterocycles. The first kappa shape index (κ1) is 20.0. The SMILES string of the molecule is O=C(/C=C/c1ccc(C(=O)NC2CC2)cc1)NC(c1ccc(F)cc1)c1cccs1. The lowest BCUT2D eigenvalue weighted by molar-refractivity contribution is -0.116. The van der Waals surface area contributed by atoms with Crippen LogP contribution in [0.15, 0.2) is 72.1 Å². The predicted octanol–water partition coefficient (Wildman–Crippen LogP) is 4.70. The van der Waals surface area contributed by atoms with Crippen molar-refractivity contribution in [1.29, 1.82) is 0 Å². The van der Waals surface area contributed by atoms with Gasteiger partial charge in [0.05, 0.1) is 6.04 Å². The Balaban J connectivity index is 1.42. The first-order valence-corrected chi connectivity index (χ1v) is 10.6. The molecule has 1 aromatic heterocycles. The average molecular weight is 421 g/mol. The van der Waals surface area contributed by atoms with E-state index in [1.165, 1.54) is 29.5 Å². The van der Waals surface area contributed by atoms with Gasteiger partial charge in [0.1, 0.15) is 5.82 Å². The van der Waals surface area contributed by atoms with E-state index in [-0.39, 0.29) is 23.7 Å². The molecule has 30 heavy (non-hydrogen) atoms. The Kier molecular flexibility index (Phi) is 6.05. The minimum Gasteiger partial charge on any atom is -0.349 e. The van der Waals surface area contributed by atoms with Crippen molar-refractivity contribution in [2.24, 2.45) is 0 Å². The van der Waals surface area contributed by atoms with Crippen LogP contribution < -0.4 is 10.6 Å². The third kappa shape index (κ3) is 5.21. The molecule has 0 radical (unpaired) electrons. The summed E-state index contributed by atoms with van der Waals surface area (Å²) in [6.45, 7) is 0. The van der Waals surface area contributed by atoms with E-state index in [9.17, 15) is 14.0 Å². The Morgan fingerprint density at radius 2 is 1.77 bits per heavy atom. The van der Waals surface area contributed by atoms with E-state index < -0.39 is 0 Å². The normalized spacial score (nSPS) is 14.4. The Hall–Kier alpha value is -3.25. The van der Waals surface area contributed by atoms with Crippen LogP contribution in [0.4, 0.5) is 4.39 Å². The zero-order chi connectivity index (χ0) is 20.9. The molecule has 2 amide bonds. The topological polar surface area (TPSA) is 58.2 Å². The molecule has 0 bridgehead atoms. The second-order valence-corrected chi connectivity index (χ2v) is 8.19. The highest BCUT2D eigenvalue weighted by atomic mass is 32.1. The highest BCUT2D eigenvalue weighted by Gasteiger charge is 2.23. The third-order valence-electron chi connectivity index (χ3n) is 4.83. The van der Waals surface area contributed by atoms with Crippen LogP contribution in [-0.4, -0.2) is 17.9 Å². The van der Waals surface area contributed by atoms with Gasteiger partial charge in [-0.05, 0) is 65.8 Å². The van der Waals surface area contributed by atoms with E-state index in [0.717, 1.165) is 28.8 Å². The zero-order valence-corrected chi connectivity index (χ0v) is 17.0. The summed E-state index contributed by atoms with van der Waals surface area (Å²) in [6, 6.07) is 17.1. The number of hydrogen-bond donors (Lipinski definition) is 2. The van der Waals surface area contributed by atoms with Crippen LogP contribution in [0.5, 0.6) is 0 Å². The number of amides is 2. The number of thiophene rings is 1. The quantitative estimate of drug-likeness (QED) is 0.545. The van der Waals surface area contributed by atoms with Gasteiger partial charge in [-0.3, -0.25) is 9.59 Å². The number of carbonyl (C=O) groups excluding carboxylic acids is 2. The Bertz CT molecular complexity index is 1040. The molecule has 1 unspecified atom stereocenters. The van der Waals surface area contributed by atoms with Crippen LogP contribution in [0.25, 0.3) is 6.08 Å². The Morgan fingerprint density at radius 1 is 1.03 bits per heavy atom. The molecule has 1 aliphatic rings. The molecule has 4 rings (SSSR count). The van der Waals surface area contributed by atoms with Gasteiger partial charge in [0.15, 0.2) is 0 Å². The van der Waals surface area contributed by atoms with E-state index in [4.69, 9.17) is 0 Å². The van der Waals surface area contributed by atoms with Crippen molar-refractivity contribution in [2.45, 2.75) is 24.9 Å². The molecule has 1 atom stereocenters. The van der Waals surface area contributed by atoms with Gasteiger partial charge >= 0.3 is 0 Å². The molecule has 4 nitrogen and oxygen atoms in total. The van der Waals surface area contributed by atoms with Crippen molar-refractivity contribution in [3.05, 3.63) is 99.5 Å². The lowest BCUT2D eigenvalue weighted by Gasteiger charge is -2.17. The van der Waals surface area contributed by atoms with Gasteiger partial charge in [-0.1, -0.05) is 30.3 Å². The van der Waals surface area contributed by atoms with Gasteiger partial charge in [-0.15, -0.1) is 11.3 Å². The standard InChI is InChI=1S/C24H21FN2O2S/c25-19-10-8-17(9-11-19)23(21-2-1-15-30-21)27-22(28)14-5-16-3-6-18(7-4-16)24(29)26-20-12-13-20/h1-11,14-15,20,23H,12-13H2,(H,26,29)(H,27,28)/b14-5+. The number of carbonyl (C=O) groups is 2. The number of rotatable bonds is 7. The number of benzene rings is 2. The number of halogens is 1. The lowest BCUT2D eigenvalue weighted by atomic mass is 10.1. The smallest absolute Gasteiger partial charge is 0.251 e. The van der Waals surface area contributed by atoms with E-state index in [1.54, 1.807) is 30.3 Å². The lowest BCUT2D eigenvalue weighted by Crippen LogP contribution is -2.27. The fraction of sp³-hybridized carbons (Fsp3) is 0.167. The van der Waals surface area contributed by atoms with Crippen LogP contribution in [0.3, 0.4) is 0 Å². The summed E-state index contributed by atoms with van der Waals surface area (Å²) in [6.07, 6.45) is 5.26. The molecule has 3 aromatic rings. The zero-order valence-electron chi connectivity index (χ0n) is 16.2. The molecule has 1 heterocycles. The van der Waals surface area contributed by atoms with Gasteiger partial charge in [0.25, 0.3) is 5.91 Å². The minimum absolute atomic E-state index is 0.0659. The second-order valence-electron chi connectivity index (χ2n) is 7.21. The summed E-state index contributed by atoms with van der Waals surface area (Å²) >= 11 is 1.53. The highest BCUT2D eigenvalue weighted by molar-refractivity contribution is 7.10. The Morgan fingerprint density at radius 3 is 2.40 bits per heavy atom. The summed E-state index contributed by atoms with van der Waals surface area (Å²) in [5.74, 6) is -0.638. The average Bonchev–Trinajstić information content (AvgIpc) is 3.40. The molecule has 6 heteroatoms. The first-order valence-electron chi connectivity index (χ1n) is 9.77. The minimum atomic E-state index is -0.351. The van der Waals surface area contributed by atoms with Crippen molar-refractivity contribution in [3.63, 3.8) is 0 Å². The second kappa shape index (κ2) is 9.05. The molecule has 0 spiro atoms. The largest absolute Gasteiger partial charge is 0.349 e. The molecule has 2 aromatic carbocycles. The van der Waals surface area contributed by atoms with Gasteiger partial charge in [0.2, 0.25) is 5.91 Å². The summed E-state index contributed by atoms with van der Waals surface area (Å²) in [4.78, 5) is 25.5. The summed E-state index contributed by atoms with van der Waals surface area (Å²) < 4.78 is 13.3. The molecule has 1 fully saturated rings. The molecule has 1 saturated carbocycles. The van der Waals surface area contributed by atoms with Gasteiger partial charge in [0, 0.05) is 22.6 Å². The van der Waals surface area contributed by atoms with E-state index >= 15 is 0 Å². The number of nitrogens with one attached hydrogen (secondary N) is 2. The molecule has 2 N–H and O–H groups in total. The van der Waals surface area contributed by atoms with Crippen molar-refractivity contribution >= 4 is 29.2 Å². The van der Waals surface area contributed by atoms with Gasteiger partial charge in [-0.2, -0.15) is 0 Å². The highest BCUT2D eigenvalue weighted by Crippen LogP contribution is 2.26. The van der Waals surface area contributed by atoms with Crippen molar-refractivity contribution in [1.82, 2.24) is 10.6 Å². The van der Waals surface area contributed by atoms with Crippen LogP contribution in [-0.2, 0) is 4.79 Å². The fourth-order valence-corrected chi connectivity index (χ4v) is 3.84. The van der Waals surface area contributed by atoms with Crippen molar-refractivity contribution < 1.29 is 14.0 Å². The predicted molar refractivity (Wildman–Crippen MR) is 117 cm³/mol. The van der Waals surface area contributed by atoms with E-state index in [2.05, 4.69) is 10.6 Å². The summed E-state index contributed by atoms with van der Waals surface area (Å²) in [7, 11) is 0. The van der Waals surface area contributed by atoms with Crippen molar-refractivity contribution in [2.75, 3.05) is 0 Å². The molecule has 152 valence electrons. The fourth-order valence-electron chi connectivity index (χ4n) is 3.03. The maximum atomic E-state index is 13.3. The maximum Gasteiger partial charge on any atom is 0.251 e. The maximum absolute atomic E-state index is 13.3. The Labute approximate surface area is 178 Å². The van der Waals surface area contributed by atoms with Gasteiger partial charge < -0.3 is 10.6 Å². The van der Waals surface area contributed by atoms with Gasteiger partial charge in [-0.25, -0.2) is 4.39 Å². The molecule has 0 aliphatic heterocycles.